The van der Waals surface area contributed by atoms with Gasteiger partial charge in [0, 0.05) is 6.04 Å². The number of nitrogens with one attached hydrogen (secondary N) is 1. The summed E-state index contributed by atoms with van der Waals surface area (Å²) in [6.07, 6.45) is 0.926. The third kappa shape index (κ3) is 4.74. The van der Waals surface area contributed by atoms with Gasteiger partial charge in [0.25, 0.3) is 0 Å². The molecule has 0 spiro atoms. The highest BCUT2D eigenvalue weighted by molar-refractivity contribution is 5.80. The van der Waals surface area contributed by atoms with Gasteiger partial charge in [-0.15, -0.1) is 0 Å². The number of aryl methyl sites for hydroxylation is 1. The first-order valence-electron chi connectivity index (χ1n) is 6.83. The molecule has 0 aliphatic carbocycles. The lowest BCUT2D eigenvalue weighted by atomic mass is 10.1. The fourth-order valence-corrected chi connectivity index (χ4v) is 1.84. The molecule has 0 heterocycles. The Balaban J connectivity index is 2.74. The number of carbonyl (C=O) groups excluding carboxylic acids is 1. The molecule has 20 heavy (non-hydrogen) atoms. The Morgan fingerprint density at radius 2 is 2.05 bits per heavy atom. The Bertz CT molecular complexity index is 447. The molecule has 1 unspecified atom stereocenters. The fourth-order valence-electron chi connectivity index (χ4n) is 1.84. The van der Waals surface area contributed by atoms with Crippen LogP contribution in [0, 0.1) is 0 Å². The molecule has 1 amide bonds. The zero-order valence-electron chi connectivity index (χ0n) is 12.6. The van der Waals surface area contributed by atoms with Gasteiger partial charge in [0.2, 0.25) is 5.91 Å². The number of nitrogens with two attached hydrogens (primary N) is 1. The Morgan fingerprint density at radius 3 is 2.55 bits per heavy atom. The molecule has 0 aliphatic rings. The van der Waals surface area contributed by atoms with E-state index < -0.39 is 11.9 Å². The number of ether oxygens (including phenoxy) is 2. The van der Waals surface area contributed by atoms with Crippen molar-refractivity contribution in [2.24, 2.45) is 5.73 Å². The smallest absolute Gasteiger partial charge is 0.238 e. The third-order valence-corrected chi connectivity index (χ3v) is 2.92. The first-order valence-corrected chi connectivity index (χ1v) is 6.83. The maximum absolute atomic E-state index is 11.4. The van der Waals surface area contributed by atoms with E-state index in [-0.39, 0.29) is 12.6 Å². The topological polar surface area (TPSA) is 73.6 Å². The van der Waals surface area contributed by atoms with Crippen LogP contribution in [0.1, 0.15) is 26.3 Å². The number of carbonyl (C=O) groups is 1. The van der Waals surface area contributed by atoms with E-state index in [0.717, 1.165) is 6.42 Å². The molecule has 5 nitrogen and oxygen atoms in total. The maximum atomic E-state index is 11.4. The zero-order chi connectivity index (χ0) is 15.1. The molecule has 0 saturated carbocycles. The molecule has 1 atom stereocenters. The summed E-state index contributed by atoms with van der Waals surface area (Å²) < 4.78 is 11.0. The average molecular weight is 280 g/mol. The van der Waals surface area contributed by atoms with Crippen molar-refractivity contribution in [1.82, 2.24) is 5.32 Å². The number of rotatable bonds is 8. The van der Waals surface area contributed by atoms with Crippen LogP contribution in [-0.4, -0.2) is 31.7 Å². The predicted molar refractivity (Wildman–Crippen MR) is 79.1 cm³/mol. The molecule has 0 bridgehead atoms. The van der Waals surface area contributed by atoms with Crippen LogP contribution in [0.4, 0.5) is 0 Å². The summed E-state index contributed by atoms with van der Waals surface area (Å²) >= 11 is 0. The van der Waals surface area contributed by atoms with Crippen LogP contribution in [0.2, 0.25) is 0 Å². The minimum Gasteiger partial charge on any atom is -0.493 e. The summed E-state index contributed by atoms with van der Waals surface area (Å²) in [7, 11) is 1.60. The van der Waals surface area contributed by atoms with Crippen molar-refractivity contribution >= 4 is 5.91 Å². The van der Waals surface area contributed by atoms with Gasteiger partial charge < -0.3 is 20.5 Å². The quantitative estimate of drug-likeness (QED) is 0.756. The Morgan fingerprint density at radius 1 is 1.35 bits per heavy atom. The molecule has 5 heteroatoms. The van der Waals surface area contributed by atoms with E-state index in [0.29, 0.717) is 11.5 Å². The van der Waals surface area contributed by atoms with Crippen molar-refractivity contribution in [3.63, 3.8) is 0 Å². The number of hydrogen-bond donors (Lipinski definition) is 2. The van der Waals surface area contributed by atoms with Gasteiger partial charge in [-0.25, -0.2) is 0 Å². The molecule has 0 fully saturated rings. The van der Waals surface area contributed by atoms with E-state index in [1.807, 2.05) is 32.0 Å². The van der Waals surface area contributed by atoms with Crippen LogP contribution in [0.5, 0.6) is 11.5 Å². The van der Waals surface area contributed by atoms with Crippen LogP contribution in [0.3, 0.4) is 0 Å². The van der Waals surface area contributed by atoms with Crippen molar-refractivity contribution in [2.45, 2.75) is 39.3 Å². The summed E-state index contributed by atoms with van der Waals surface area (Å²) in [6, 6.07) is 5.40. The predicted octanol–water partition coefficient (Wildman–Crippen LogP) is 1.49. The minimum atomic E-state index is -0.523. The summed E-state index contributed by atoms with van der Waals surface area (Å²) in [5, 5.41) is 3.07. The van der Waals surface area contributed by atoms with Gasteiger partial charge in [-0.2, -0.15) is 0 Å². The number of hydrogen-bond acceptors (Lipinski definition) is 4. The lowest BCUT2D eigenvalue weighted by Crippen LogP contribution is -2.48. The summed E-state index contributed by atoms with van der Waals surface area (Å²) in [5.41, 5.74) is 6.52. The monoisotopic (exact) mass is 280 g/mol. The molecule has 1 aromatic rings. The number of methoxy groups -OCH3 is 1. The van der Waals surface area contributed by atoms with Crippen molar-refractivity contribution in [3.05, 3.63) is 23.8 Å². The number of primary amides is 1. The molecule has 0 aromatic heterocycles. The summed E-state index contributed by atoms with van der Waals surface area (Å²) in [5.74, 6) is 0.849. The zero-order valence-corrected chi connectivity index (χ0v) is 12.6. The van der Waals surface area contributed by atoms with Crippen molar-refractivity contribution in [3.8, 4) is 11.5 Å². The van der Waals surface area contributed by atoms with E-state index in [4.69, 9.17) is 15.2 Å². The Hall–Kier alpha value is -1.75. The van der Waals surface area contributed by atoms with E-state index in [2.05, 4.69) is 12.2 Å². The summed E-state index contributed by atoms with van der Waals surface area (Å²) in [6.45, 7) is 6.15. The fraction of sp³-hybridized carbons (Fsp3) is 0.533. The maximum Gasteiger partial charge on any atom is 0.238 e. The standard InChI is InChI=1S/C15H24N2O3/c1-5-11-6-7-13(14(8-11)19-4)20-9-12(15(16)18)17-10(2)3/h6-8,10,12,17H,5,9H2,1-4H3,(H2,16,18). The first-order chi connectivity index (χ1) is 9.47. The van der Waals surface area contributed by atoms with E-state index in [1.54, 1.807) is 7.11 Å². The first kappa shape index (κ1) is 16.3. The third-order valence-electron chi connectivity index (χ3n) is 2.92. The van der Waals surface area contributed by atoms with Crippen LogP contribution in [0.25, 0.3) is 0 Å². The average Bonchev–Trinajstić information content (AvgIpc) is 2.42. The van der Waals surface area contributed by atoms with Gasteiger partial charge >= 0.3 is 0 Å². The number of amides is 1. The lowest BCUT2D eigenvalue weighted by Gasteiger charge is -2.19. The Labute approximate surface area is 120 Å². The molecule has 3 N–H and O–H groups in total. The summed E-state index contributed by atoms with van der Waals surface area (Å²) in [4.78, 5) is 11.4. The van der Waals surface area contributed by atoms with Gasteiger partial charge in [0.1, 0.15) is 12.6 Å². The molecular weight excluding hydrogens is 256 g/mol. The highest BCUT2D eigenvalue weighted by Gasteiger charge is 2.17. The normalized spacial score (nSPS) is 12.2. The van der Waals surface area contributed by atoms with Gasteiger partial charge in [-0.05, 0) is 24.1 Å². The largest absolute Gasteiger partial charge is 0.493 e. The van der Waals surface area contributed by atoms with Gasteiger partial charge in [-0.3, -0.25) is 4.79 Å². The second-order valence-corrected chi connectivity index (χ2v) is 4.93. The highest BCUT2D eigenvalue weighted by atomic mass is 16.5. The molecule has 112 valence electrons. The van der Waals surface area contributed by atoms with Crippen LogP contribution >= 0.6 is 0 Å². The van der Waals surface area contributed by atoms with Crippen LogP contribution in [-0.2, 0) is 11.2 Å². The van der Waals surface area contributed by atoms with Crippen LogP contribution < -0.4 is 20.5 Å². The highest BCUT2D eigenvalue weighted by Crippen LogP contribution is 2.28. The molecule has 0 aliphatic heterocycles. The molecule has 0 radical (unpaired) electrons. The van der Waals surface area contributed by atoms with Crippen LogP contribution in [0.15, 0.2) is 18.2 Å². The molecule has 1 rings (SSSR count). The second-order valence-electron chi connectivity index (χ2n) is 4.93. The van der Waals surface area contributed by atoms with Gasteiger partial charge in [0.15, 0.2) is 11.5 Å². The lowest BCUT2D eigenvalue weighted by molar-refractivity contribution is -0.120. The van der Waals surface area contributed by atoms with Crippen molar-refractivity contribution in [1.29, 1.82) is 0 Å². The molecular formula is C15H24N2O3. The van der Waals surface area contributed by atoms with E-state index in [9.17, 15) is 4.79 Å². The molecule has 1 aromatic carbocycles. The SMILES string of the molecule is CCc1ccc(OCC(NC(C)C)C(N)=O)c(OC)c1. The van der Waals surface area contributed by atoms with E-state index in [1.165, 1.54) is 5.56 Å². The van der Waals surface area contributed by atoms with Crippen molar-refractivity contribution < 1.29 is 14.3 Å². The second kappa shape index (κ2) is 7.75. The van der Waals surface area contributed by atoms with Gasteiger partial charge in [-0.1, -0.05) is 26.8 Å². The van der Waals surface area contributed by atoms with E-state index >= 15 is 0 Å². The van der Waals surface area contributed by atoms with Gasteiger partial charge in [0.05, 0.1) is 7.11 Å². The van der Waals surface area contributed by atoms with Crippen molar-refractivity contribution in [2.75, 3.05) is 13.7 Å². The molecule has 0 saturated heterocycles. The minimum absolute atomic E-state index is 0.153. The Kier molecular flexibility index (Phi) is 6.31. The number of benzene rings is 1.